The molecule has 0 bridgehead atoms. The molecule has 4 heteroatoms. The van der Waals surface area contributed by atoms with Crippen LogP contribution < -0.4 is 11.5 Å². The second-order valence-corrected chi connectivity index (χ2v) is 4.26. The second-order valence-electron chi connectivity index (χ2n) is 4.26. The maximum absolute atomic E-state index is 10.9. The average molecular weight is 220 g/mol. The molecule has 2 unspecified atom stereocenters. The van der Waals surface area contributed by atoms with Crippen molar-refractivity contribution in [2.24, 2.45) is 11.5 Å². The Morgan fingerprint density at radius 1 is 1.50 bits per heavy atom. The van der Waals surface area contributed by atoms with Gasteiger partial charge in [-0.3, -0.25) is 4.79 Å². The summed E-state index contributed by atoms with van der Waals surface area (Å²) in [6, 6.07) is 5.52. The smallest absolute Gasteiger partial charge is 0.250 e. The zero-order valence-electron chi connectivity index (χ0n) is 9.02. The van der Waals surface area contributed by atoms with Gasteiger partial charge in [0.15, 0.2) is 6.10 Å². The van der Waals surface area contributed by atoms with Gasteiger partial charge in [0, 0.05) is 6.04 Å². The minimum atomic E-state index is -1.22. The van der Waals surface area contributed by atoms with Crippen molar-refractivity contribution in [3.63, 3.8) is 0 Å². The fourth-order valence-electron chi connectivity index (χ4n) is 2.21. The molecule has 0 saturated heterocycles. The highest BCUT2D eigenvalue weighted by Crippen LogP contribution is 2.29. The Labute approximate surface area is 94.3 Å². The summed E-state index contributed by atoms with van der Waals surface area (Å²) in [6.45, 7) is 0. The number of nitrogens with two attached hydrogens (primary N) is 2. The molecule has 0 heterocycles. The lowest BCUT2D eigenvalue weighted by Crippen LogP contribution is -2.22. The Morgan fingerprint density at radius 3 is 2.94 bits per heavy atom. The molecule has 2 rings (SSSR count). The summed E-state index contributed by atoms with van der Waals surface area (Å²) >= 11 is 0. The molecule has 4 nitrogen and oxygen atoms in total. The van der Waals surface area contributed by atoms with Gasteiger partial charge in [-0.1, -0.05) is 18.2 Å². The van der Waals surface area contributed by atoms with Crippen LogP contribution in [-0.4, -0.2) is 11.0 Å². The zero-order chi connectivity index (χ0) is 11.7. The molecule has 2 atom stereocenters. The Balaban J connectivity index is 2.35. The quantitative estimate of drug-likeness (QED) is 0.679. The van der Waals surface area contributed by atoms with Crippen LogP contribution in [0.3, 0.4) is 0 Å². The molecule has 1 aromatic carbocycles. The Kier molecular flexibility index (Phi) is 2.94. The first kappa shape index (κ1) is 11.1. The van der Waals surface area contributed by atoms with E-state index in [9.17, 15) is 9.90 Å². The number of amides is 1. The van der Waals surface area contributed by atoms with Crippen LogP contribution in [0, 0.1) is 0 Å². The van der Waals surface area contributed by atoms with E-state index in [1.54, 1.807) is 6.07 Å². The Hall–Kier alpha value is -1.39. The molecule has 1 aromatic rings. The fourth-order valence-corrected chi connectivity index (χ4v) is 2.21. The van der Waals surface area contributed by atoms with Gasteiger partial charge in [0.05, 0.1) is 0 Å². The molecule has 86 valence electrons. The number of rotatable bonds is 2. The SMILES string of the molecule is NC(=O)C(O)c1ccc2c(c1)CCCC2N. The molecule has 0 radical (unpaired) electrons. The summed E-state index contributed by atoms with van der Waals surface area (Å²) in [5, 5.41) is 9.56. The number of hydrogen-bond donors (Lipinski definition) is 3. The molecule has 0 fully saturated rings. The number of benzene rings is 1. The van der Waals surface area contributed by atoms with Crippen LogP contribution in [0.2, 0.25) is 0 Å². The lowest BCUT2D eigenvalue weighted by Gasteiger charge is -2.23. The van der Waals surface area contributed by atoms with Gasteiger partial charge in [-0.25, -0.2) is 0 Å². The normalized spacial score (nSPS) is 21.2. The van der Waals surface area contributed by atoms with Gasteiger partial charge in [-0.05, 0) is 36.0 Å². The third-order valence-electron chi connectivity index (χ3n) is 3.11. The summed E-state index contributed by atoms with van der Waals surface area (Å²) in [7, 11) is 0. The van der Waals surface area contributed by atoms with E-state index < -0.39 is 12.0 Å². The van der Waals surface area contributed by atoms with Crippen LogP contribution in [0.1, 0.15) is 41.7 Å². The van der Waals surface area contributed by atoms with E-state index in [-0.39, 0.29) is 6.04 Å². The highest BCUT2D eigenvalue weighted by atomic mass is 16.3. The predicted molar refractivity (Wildman–Crippen MR) is 60.5 cm³/mol. The van der Waals surface area contributed by atoms with Crippen LogP contribution >= 0.6 is 0 Å². The first-order chi connectivity index (χ1) is 7.59. The molecule has 1 aliphatic rings. The molecule has 16 heavy (non-hydrogen) atoms. The van der Waals surface area contributed by atoms with Gasteiger partial charge in [0.2, 0.25) is 0 Å². The first-order valence-corrected chi connectivity index (χ1v) is 5.45. The Morgan fingerprint density at radius 2 is 2.25 bits per heavy atom. The van der Waals surface area contributed by atoms with E-state index in [1.807, 2.05) is 12.1 Å². The van der Waals surface area contributed by atoms with E-state index in [4.69, 9.17) is 11.5 Å². The van der Waals surface area contributed by atoms with Gasteiger partial charge in [0.25, 0.3) is 5.91 Å². The van der Waals surface area contributed by atoms with Crippen molar-refractivity contribution in [2.75, 3.05) is 0 Å². The number of aliphatic hydroxyl groups is 1. The summed E-state index contributed by atoms with van der Waals surface area (Å²) in [5.74, 6) is -0.722. The van der Waals surface area contributed by atoms with Crippen molar-refractivity contribution in [3.8, 4) is 0 Å². The standard InChI is InChI=1S/C12H16N2O2/c13-10-3-1-2-7-6-8(4-5-9(7)10)11(15)12(14)16/h4-6,10-11,15H,1-3,13H2,(H2,14,16). The minimum Gasteiger partial charge on any atom is -0.378 e. The van der Waals surface area contributed by atoms with E-state index in [2.05, 4.69) is 0 Å². The number of primary amides is 1. The lowest BCUT2D eigenvalue weighted by molar-refractivity contribution is -0.126. The molecular weight excluding hydrogens is 204 g/mol. The first-order valence-electron chi connectivity index (χ1n) is 5.45. The summed E-state index contributed by atoms with van der Waals surface area (Å²) < 4.78 is 0. The Bertz CT molecular complexity index is 417. The van der Waals surface area contributed by atoms with Crippen LogP contribution in [0.4, 0.5) is 0 Å². The van der Waals surface area contributed by atoms with Gasteiger partial charge in [-0.15, -0.1) is 0 Å². The van der Waals surface area contributed by atoms with E-state index >= 15 is 0 Å². The van der Waals surface area contributed by atoms with Crippen molar-refractivity contribution >= 4 is 5.91 Å². The topological polar surface area (TPSA) is 89.3 Å². The summed E-state index contributed by atoms with van der Waals surface area (Å²) in [4.78, 5) is 10.9. The van der Waals surface area contributed by atoms with E-state index in [0.717, 1.165) is 30.4 Å². The van der Waals surface area contributed by atoms with Crippen molar-refractivity contribution < 1.29 is 9.90 Å². The fraction of sp³-hybridized carbons (Fsp3) is 0.417. The number of hydrogen-bond acceptors (Lipinski definition) is 3. The van der Waals surface area contributed by atoms with Crippen molar-refractivity contribution in [2.45, 2.75) is 31.4 Å². The maximum Gasteiger partial charge on any atom is 0.250 e. The van der Waals surface area contributed by atoms with Crippen LogP contribution in [0.25, 0.3) is 0 Å². The van der Waals surface area contributed by atoms with Gasteiger partial charge >= 0.3 is 0 Å². The van der Waals surface area contributed by atoms with E-state index in [0.29, 0.717) is 5.56 Å². The monoisotopic (exact) mass is 220 g/mol. The molecule has 0 aromatic heterocycles. The van der Waals surface area contributed by atoms with Crippen molar-refractivity contribution in [3.05, 3.63) is 34.9 Å². The zero-order valence-corrected chi connectivity index (χ0v) is 9.02. The number of carbonyl (C=O) groups is 1. The average Bonchev–Trinajstić information content (AvgIpc) is 2.28. The largest absolute Gasteiger partial charge is 0.378 e. The van der Waals surface area contributed by atoms with Crippen molar-refractivity contribution in [1.82, 2.24) is 0 Å². The highest BCUT2D eigenvalue weighted by Gasteiger charge is 2.20. The molecular formula is C12H16N2O2. The third kappa shape index (κ3) is 1.94. The van der Waals surface area contributed by atoms with Crippen LogP contribution in [0.5, 0.6) is 0 Å². The number of carbonyl (C=O) groups excluding carboxylic acids is 1. The summed E-state index contributed by atoms with van der Waals surface area (Å²) in [6.07, 6.45) is 1.76. The summed E-state index contributed by atoms with van der Waals surface area (Å²) in [5.41, 5.74) is 13.8. The highest BCUT2D eigenvalue weighted by molar-refractivity contribution is 5.80. The molecule has 1 amide bonds. The second kappa shape index (κ2) is 4.23. The van der Waals surface area contributed by atoms with Crippen molar-refractivity contribution in [1.29, 1.82) is 0 Å². The molecule has 1 aliphatic carbocycles. The number of fused-ring (bicyclic) bond motifs is 1. The lowest BCUT2D eigenvalue weighted by atomic mass is 9.86. The van der Waals surface area contributed by atoms with Gasteiger partial charge in [-0.2, -0.15) is 0 Å². The third-order valence-corrected chi connectivity index (χ3v) is 3.11. The molecule has 0 aliphatic heterocycles. The van der Waals surface area contributed by atoms with E-state index in [1.165, 1.54) is 0 Å². The number of aryl methyl sites for hydroxylation is 1. The van der Waals surface area contributed by atoms with Crippen LogP contribution in [0.15, 0.2) is 18.2 Å². The molecule has 5 N–H and O–H groups in total. The van der Waals surface area contributed by atoms with Gasteiger partial charge in [0.1, 0.15) is 0 Å². The number of aliphatic hydroxyl groups excluding tert-OH is 1. The maximum atomic E-state index is 10.9. The van der Waals surface area contributed by atoms with Gasteiger partial charge < -0.3 is 16.6 Å². The minimum absolute atomic E-state index is 0.0727. The molecule has 0 saturated carbocycles. The van der Waals surface area contributed by atoms with Crippen LogP contribution in [-0.2, 0) is 11.2 Å². The predicted octanol–water partition coefficient (Wildman–Crippen LogP) is 0.541. The molecule has 0 spiro atoms.